The summed E-state index contributed by atoms with van der Waals surface area (Å²) in [6.07, 6.45) is -5.75. The lowest BCUT2D eigenvalue weighted by Crippen LogP contribution is -2.23. The van der Waals surface area contributed by atoms with Gasteiger partial charge in [-0.25, -0.2) is 0 Å². The van der Waals surface area contributed by atoms with Crippen molar-refractivity contribution in [2.75, 3.05) is 11.9 Å². The van der Waals surface area contributed by atoms with E-state index >= 15 is 0 Å². The molecule has 0 aliphatic rings. The summed E-state index contributed by atoms with van der Waals surface area (Å²) in [7, 11) is 0. The Bertz CT molecular complexity index is 731. The number of rotatable bonds is 5. The smallest absolute Gasteiger partial charge is 0.406 e. The summed E-state index contributed by atoms with van der Waals surface area (Å²) in [5.41, 5.74) is 7.99. The third kappa shape index (κ3) is 6.34. The van der Waals surface area contributed by atoms with Crippen molar-refractivity contribution in [1.82, 2.24) is 0 Å². The monoisotopic (exact) mass is 353 g/mol. The molecule has 0 saturated carbocycles. The molecule has 4 N–H and O–H groups in total. The maximum absolute atomic E-state index is 12.1. The molecule has 0 heterocycles. The second-order valence-electron chi connectivity index (χ2n) is 5.35. The van der Waals surface area contributed by atoms with Crippen LogP contribution in [0, 0.1) is 6.92 Å². The van der Waals surface area contributed by atoms with Gasteiger partial charge in [-0.3, -0.25) is 4.99 Å². The summed E-state index contributed by atoms with van der Waals surface area (Å²) in [5, 5.41) is 12.9. The minimum absolute atomic E-state index is 0.0376. The molecule has 2 aromatic carbocycles. The molecule has 134 valence electrons. The summed E-state index contributed by atoms with van der Waals surface area (Å²) in [4.78, 5) is 4.03. The first-order chi connectivity index (χ1) is 11.7. The minimum atomic E-state index is -4.75. The van der Waals surface area contributed by atoms with Gasteiger partial charge in [-0.15, -0.1) is 13.2 Å². The Kier molecular flexibility index (Phi) is 5.87. The fraction of sp³-hybridized carbons (Fsp3) is 0.235. The van der Waals surface area contributed by atoms with Crippen LogP contribution < -0.4 is 15.8 Å². The number of aliphatic hydroxyl groups is 1. The van der Waals surface area contributed by atoms with Crippen molar-refractivity contribution < 1.29 is 23.0 Å². The number of aliphatic hydroxyl groups excluding tert-OH is 1. The van der Waals surface area contributed by atoms with Crippen LogP contribution in [0.2, 0.25) is 0 Å². The van der Waals surface area contributed by atoms with Crippen molar-refractivity contribution >= 4 is 11.6 Å². The molecule has 0 amide bonds. The minimum Gasteiger partial charge on any atom is -0.406 e. The number of halogens is 3. The number of nitrogens with zero attached hydrogens (tertiary/aromatic N) is 1. The first-order valence-corrected chi connectivity index (χ1v) is 7.40. The number of anilines is 1. The van der Waals surface area contributed by atoms with Gasteiger partial charge >= 0.3 is 6.36 Å². The van der Waals surface area contributed by atoms with Crippen LogP contribution in [0.3, 0.4) is 0 Å². The van der Waals surface area contributed by atoms with Gasteiger partial charge in [0.15, 0.2) is 5.96 Å². The molecule has 0 aliphatic carbocycles. The van der Waals surface area contributed by atoms with Crippen LogP contribution in [-0.2, 0) is 0 Å². The summed E-state index contributed by atoms with van der Waals surface area (Å²) in [6, 6.07) is 12.5. The molecule has 0 aliphatic heterocycles. The highest BCUT2D eigenvalue weighted by atomic mass is 19.4. The lowest BCUT2D eigenvalue weighted by Gasteiger charge is -2.12. The Morgan fingerprint density at radius 2 is 1.92 bits per heavy atom. The zero-order valence-corrected chi connectivity index (χ0v) is 13.4. The highest BCUT2D eigenvalue weighted by Gasteiger charge is 2.31. The molecule has 2 aromatic rings. The Morgan fingerprint density at radius 1 is 1.24 bits per heavy atom. The zero-order valence-electron chi connectivity index (χ0n) is 13.4. The number of nitrogens with one attached hydrogen (secondary N) is 1. The third-order valence-electron chi connectivity index (χ3n) is 3.22. The molecular weight excluding hydrogens is 335 g/mol. The SMILES string of the molecule is Cc1cccc(NC(N)=NCC(O)c2ccc(OC(F)(F)F)cc2)c1. The number of guanidine groups is 1. The maximum Gasteiger partial charge on any atom is 0.573 e. The molecule has 0 saturated heterocycles. The Hall–Kier alpha value is -2.74. The van der Waals surface area contributed by atoms with E-state index in [4.69, 9.17) is 5.73 Å². The normalized spacial score (nSPS) is 13.4. The van der Waals surface area contributed by atoms with E-state index < -0.39 is 12.5 Å². The fourth-order valence-corrected chi connectivity index (χ4v) is 2.09. The number of aliphatic imine (C=N–C) groups is 1. The van der Waals surface area contributed by atoms with Crippen molar-refractivity contribution in [3.63, 3.8) is 0 Å². The van der Waals surface area contributed by atoms with Gasteiger partial charge in [0.2, 0.25) is 0 Å². The van der Waals surface area contributed by atoms with Gasteiger partial charge in [-0.05, 0) is 42.3 Å². The molecule has 0 spiro atoms. The molecular formula is C17H18F3N3O2. The van der Waals surface area contributed by atoms with E-state index in [1.165, 1.54) is 12.1 Å². The number of aryl methyl sites for hydroxylation is 1. The van der Waals surface area contributed by atoms with Crippen molar-refractivity contribution in [2.24, 2.45) is 10.7 Å². The van der Waals surface area contributed by atoms with E-state index in [1.807, 2.05) is 31.2 Å². The molecule has 0 aromatic heterocycles. The molecule has 0 radical (unpaired) electrons. The Balaban J connectivity index is 1.93. The average Bonchev–Trinajstić information content (AvgIpc) is 2.52. The van der Waals surface area contributed by atoms with E-state index in [0.29, 0.717) is 5.56 Å². The second kappa shape index (κ2) is 7.89. The van der Waals surface area contributed by atoms with Gasteiger partial charge in [0.1, 0.15) is 5.75 Å². The molecule has 25 heavy (non-hydrogen) atoms. The Morgan fingerprint density at radius 3 is 2.52 bits per heavy atom. The van der Waals surface area contributed by atoms with Crippen LogP contribution in [0.5, 0.6) is 5.75 Å². The van der Waals surface area contributed by atoms with E-state index in [1.54, 1.807) is 0 Å². The number of hydrogen-bond acceptors (Lipinski definition) is 3. The fourth-order valence-electron chi connectivity index (χ4n) is 2.09. The predicted molar refractivity (Wildman–Crippen MR) is 89.4 cm³/mol. The van der Waals surface area contributed by atoms with Crippen LogP contribution >= 0.6 is 0 Å². The first kappa shape index (κ1) is 18.6. The second-order valence-corrected chi connectivity index (χ2v) is 5.35. The number of benzene rings is 2. The van der Waals surface area contributed by atoms with Crippen LogP contribution in [0.1, 0.15) is 17.2 Å². The number of nitrogens with two attached hydrogens (primary N) is 1. The predicted octanol–water partition coefficient (Wildman–Crippen LogP) is 3.35. The largest absolute Gasteiger partial charge is 0.573 e. The van der Waals surface area contributed by atoms with Gasteiger partial charge in [0, 0.05) is 5.69 Å². The molecule has 0 fully saturated rings. The molecule has 8 heteroatoms. The van der Waals surface area contributed by atoms with Gasteiger partial charge < -0.3 is 20.9 Å². The average molecular weight is 353 g/mol. The van der Waals surface area contributed by atoms with Crippen LogP contribution in [-0.4, -0.2) is 24.0 Å². The number of hydrogen-bond donors (Lipinski definition) is 3. The molecule has 1 atom stereocenters. The van der Waals surface area contributed by atoms with Crippen LogP contribution in [0.4, 0.5) is 18.9 Å². The van der Waals surface area contributed by atoms with Gasteiger partial charge in [0.25, 0.3) is 0 Å². The quantitative estimate of drug-likeness (QED) is 0.569. The van der Waals surface area contributed by atoms with Gasteiger partial charge in [0.05, 0.1) is 12.6 Å². The lowest BCUT2D eigenvalue weighted by atomic mass is 10.1. The molecule has 2 rings (SSSR count). The van der Waals surface area contributed by atoms with Crippen LogP contribution in [0.15, 0.2) is 53.5 Å². The molecule has 0 bridgehead atoms. The molecule has 5 nitrogen and oxygen atoms in total. The summed E-state index contributed by atoms with van der Waals surface area (Å²) >= 11 is 0. The van der Waals surface area contributed by atoms with E-state index in [-0.39, 0.29) is 18.3 Å². The number of alkyl halides is 3. The maximum atomic E-state index is 12.1. The number of ether oxygens (including phenoxy) is 1. The zero-order chi connectivity index (χ0) is 18.4. The summed E-state index contributed by atoms with van der Waals surface area (Å²) < 4.78 is 40.1. The van der Waals surface area contributed by atoms with Crippen LogP contribution in [0.25, 0.3) is 0 Å². The topological polar surface area (TPSA) is 79.9 Å². The first-order valence-electron chi connectivity index (χ1n) is 7.40. The van der Waals surface area contributed by atoms with E-state index in [2.05, 4.69) is 15.0 Å². The van der Waals surface area contributed by atoms with E-state index in [9.17, 15) is 18.3 Å². The highest BCUT2D eigenvalue weighted by Crippen LogP contribution is 2.24. The lowest BCUT2D eigenvalue weighted by molar-refractivity contribution is -0.274. The summed E-state index contributed by atoms with van der Waals surface area (Å²) in [6.45, 7) is 1.90. The van der Waals surface area contributed by atoms with E-state index in [0.717, 1.165) is 23.4 Å². The van der Waals surface area contributed by atoms with Gasteiger partial charge in [-0.1, -0.05) is 24.3 Å². The third-order valence-corrected chi connectivity index (χ3v) is 3.22. The van der Waals surface area contributed by atoms with Crippen molar-refractivity contribution in [3.05, 3.63) is 59.7 Å². The standard InChI is InChI=1S/C17H18F3N3O2/c1-11-3-2-4-13(9-11)23-16(21)22-10-15(24)12-5-7-14(8-6-12)25-17(18,19)20/h2-9,15,24H,10H2,1H3,(H3,21,22,23). The van der Waals surface area contributed by atoms with Gasteiger partial charge in [-0.2, -0.15) is 0 Å². The Labute approximate surface area is 143 Å². The van der Waals surface area contributed by atoms with Crippen molar-refractivity contribution in [3.8, 4) is 5.75 Å². The highest BCUT2D eigenvalue weighted by molar-refractivity contribution is 5.92. The molecule has 1 unspecified atom stereocenters. The summed E-state index contributed by atoms with van der Waals surface area (Å²) in [5.74, 6) is -0.228. The van der Waals surface area contributed by atoms with Crippen molar-refractivity contribution in [1.29, 1.82) is 0 Å². The van der Waals surface area contributed by atoms with Crippen molar-refractivity contribution in [2.45, 2.75) is 19.4 Å².